The summed E-state index contributed by atoms with van der Waals surface area (Å²) in [6, 6.07) is 75.8. The molecule has 0 aliphatic heterocycles. The van der Waals surface area contributed by atoms with Crippen molar-refractivity contribution in [3.8, 4) is 78.7 Å². The quantitative estimate of drug-likeness (QED) is 0.174. The van der Waals surface area contributed by atoms with Crippen LogP contribution in [0.15, 0.2) is 217 Å². The Hall–Kier alpha value is -8.21. The van der Waals surface area contributed by atoms with Crippen molar-refractivity contribution in [1.82, 2.24) is 15.0 Å². The molecule has 0 fully saturated rings. The van der Waals surface area contributed by atoms with Crippen LogP contribution in [0.25, 0.3) is 101 Å². The summed E-state index contributed by atoms with van der Waals surface area (Å²) in [4.78, 5) is 15.1. The fourth-order valence-corrected chi connectivity index (χ4v) is 10.3. The normalized spacial score (nSPS) is 13.0. The van der Waals surface area contributed by atoms with E-state index < -0.39 is 0 Å². The van der Waals surface area contributed by atoms with E-state index in [1.54, 1.807) is 0 Å². The molecule has 1 spiro atoms. The van der Waals surface area contributed by atoms with Crippen molar-refractivity contribution < 1.29 is 4.42 Å². The van der Waals surface area contributed by atoms with Crippen LogP contribution in [-0.4, -0.2) is 15.0 Å². The van der Waals surface area contributed by atoms with Crippen LogP contribution in [0.5, 0.6) is 0 Å². The molecule has 0 saturated carbocycles. The highest BCUT2D eigenvalue weighted by Crippen LogP contribution is 2.63. The van der Waals surface area contributed by atoms with Crippen molar-refractivity contribution in [2.75, 3.05) is 0 Å². The van der Waals surface area contributed by atoms with Gasteiger partial charge in [-0.3, -0.25) is 0 Å². The third kappa shape index (κ3) is 5.04. The Morgan fingerprint density at radius 2 is 0.742 bits per heavy atom. The van der Waals surface area contributed by atoms with Gasteiger partial charge in [0.05, 0.1) is 5.41 Å². The number of aromatic nitrogens is 3. The number of furan rings is 1. The molecule has 13 rings (SSSR count). The minimum absolute atomic E-state index is 0.361. The minimum atomic E-state index is -0.361. The second kappa shape index (κ2) is 13.4. The van der Waals surface area contributed by atoms with E-state index in [0.717, 1.165) is 49.8 Å². The van der Waals surface area contributed by atoms with E-state index >= 15 is 0 Å². The molecule has 2 aliphatic rings. The summed E-state index contributed by atoms with van der Waals surface area (Å²) in [6.45, 7) is 0. The second-order valence-electron chi connectivity index (χ2n) is 16.3. The highest BCUT2D eigenvalue weighted by Gasteiger charge is 2.51. The van der Waals surface area contributed by atoms with E-state index in [-0.39, 0.29) is 5.41 Å². The Morgan fingerprint density at radius 1 is 0.290 bits per heavy atom. The lowest BCUT2D eigenvalue weighted by Crippen LogP contribution is -2.25. The number of benzene rings is 9. The largest absolute Gasteiger partial charge is 0.456 e. The Kier molecular flexibility index (Phi) is 7.49. The molecule has 0 saturated heterocycles. The number of hydrogen-bond donors (Lipinski definition) is 0. The fraction of sp³-hybridized carbons (Fsp3) is 0.0172. The average Bonchev–Trinajstić information content (AvgIpc) is 3.98. The molecule has 0 atom stereocenters. The standard InChI is InChI=1S/C58H35N3O/c1-2-13-39(14-3-1)55-59-56(61-57(60-55)41-33-34-53-47(35-41)45-17-7-11-24-52(45)62-53)40-31-27-37(28-32-40)36-25-29-38(30-26-36)42-19-12-23-51-54(42)46-18-6-10-22-50(46)58(51)48-20-8-4-15-43(48)44-16-5-9-21-49(44)58/h1-35H. The number of hydrogen-bond acceptors (Lipinski definition) is 4. The molecule has 2 heterocycles. The molecule has 0 N–H and O–H groups in total. The van der Waals surface area contributed by atoms with Gasteiger partial charge in [0.2, 0.25) is 0 Å². The van der Waals surface area contributed by atoms with Crippen molar-refractivity contribution in [3.05, 3.63) is 235 Å². The summed E-state index contributed by atoms with van der Waals surface area (Å²) >= 11 is 0. The second-order valence-corrected chi connectivity index (χ2v) is 16.3. The van der Waals surface area contributed by atoms with Crippen LogP contribution in [0, 0.1) is 0 Å². The molecule has 0 unspecified atom stereocenters. The molecular weight excluding hydrogens is 755 g/mol. The van der Waals surface area contributed by atoms with Crippen molar-refractivity contribution in [1.29, 1.82) is 0 Å². The monoisotopic (exact) mass is 789 g/mol. The molecule has 0 radical (unpaired) electrons. The molecular formula is C58H35N3O. The number of rotatable bonds is 5. The zero-order valence-electron chi connectivity index (χ0n) is 33.5. The molecule has 9 aromatic carbocycles. The van der Waals surface area contributed by atoms with Gasteiger partial charge in [0, 0.05) is 27.5 Å². The SMILES string of the molecule is c1ccc(-c2nc(-c3ccc(-c4ccc(-c5cccc6c5-c5ccccc5C65c6ccccc6-c6ccccc65)cc4)cc3)nc(-c3ccc4oc5ccccc5c4c3)n2)cc1. The van der Waals surface area contributed by atoms with Crippen molar-refractivity contribution >= 4 is 21.9 Å². The lowest BCUT2D eigenvalue weighted by atomic mass is 9.70. The minimum Gasteiger partial charge on any atom is -0.456 e. The van der Waals surface area contributed by atoms with Crippen molar-refractivity contribution in [2.45, 2.75) is 5.41 Å². The summed E-state index contributed by atoms with van der Waals surface area (Å²) in [5.41, 5.74) is 19.5. The van der Waals surface area contributed by atoms with Crippen LogP contribution >= 0.6 is 0 Å². The molecule has 4 heteroatoms. The molecule has 288 valence electrons. The van der Waals surface area contributed by atoms with Crippen LogP contribution < -0.4 is 0 Å². The van der Waals surface area contributed by atoms with Gasteiger partial charge >= 0.3 is 0 Å². The van der Waals surface area contributed by atoms with E-state index in [0.29, 0.717) is 17.5 Å². The van der Waals surface area contributed by atoms with Gasteiger partial charge in [-0.1, -0.05) is 188 Å². The van der Waals surface area contributed by atoms with Gasteiger partial charge in [-0.15, -0.1) is 0 Å². The third-order valence-electron chi connectivity index (χ3n) is 13.0. The van der Waals surface area contributed by atoms with Crippen LogP contribution in [0.3, 0.4) is 0 Å². The Morgan fingerprint density at radius 3 is 1.42 bits per heavy atom. The molecule has 62 heavy (non-hydrogen) atoms. The van der Waals surface area contributed by atoms with Gasteiger partial charge in [0.15, 0.2) is 17.5 Å². The fourth-order valence-electron chi connectivity index (χ4n) is 10.3. The van der Waals surface area contributed by atoms with Gasteiger partial charge in [0.25, 0.3) is 0 Å². The third-order valence-corrected chi connectivity index (χ3v) is 13.0. The Balaban J connectivity index is 0.867. The summed E-state index contributed by atoms with van der Waals surface area (Å²) in [5, 5.41) is 2.10. The molecule has 0 amide bonds. The predicted molar refractivity (Wildman–Crippen MR) is 251 cm³/mol. The van der Waals surface area contributed by atoms with E-state index in [1.165, 1.54) is 55.6 Å². The summed E-state index contributed by atoms with van der Waals surface area (Å²) in [5.74, 6) is 1.86. The van der Waals surface area contributed by atoms with Gasteiger partial charge in [-0.25, -0.2) is 15.0 Å². The summed E-state index contributed by atoms with van der Waals surface area (Å²) in [6.07, 6.45) is 0. The maximum atomic E-state index is 6.12. The van der Waals surface area contributed by atoms with E-state index in [1.807, 2.05) is 60.7 Å². The topological polar surface area (TPSA) is 51.8 Å². The zero-order valence-corrected chi connectivity index (χ0v) is 33.5. The van der Waals surface area contributed by atoms with Gasteiger partial charge in [-0.2, -0.15) is 0 Å². The van der Waals surface area contributed by atoms with Crippen LogP contribution in [0.4, 0.5) is 0 Å². The summed E-state index contributed by atoms with van der Waals surface area (Å²) < 4.78 is 6.12. The first-order valence-corrected chi connectivity index (χ1v) is 21.1. The highest BCUT2D eigenvalue weighted by molar-refractivity contribution is 6.06. The van der Waals surface area contributed by atoms with E-state index in [2.05, 4.69) is 152 Å². The van der Waals surface area contributed by atoms with Gasteiger partial charge in [-0.05, 0) is 91.0 Å². The first-order valence-electron chi connectivity index (χ1n) is 21.1. The van der Waals surface area contributed by atoms with Crippen molar-refractivity contribution in [3.63, 3.8) is 0 Å². The first-order chi connectivity index (χ1) is 30.7. The van der Waals surface area contributed by atoms with E-state index in [4.69, 9.17) is 19.4 Å². The number of fused-ring (bicyclic) bond motifs is 13. The number of nitrogens with zero attached hydrogens (tertiary/aromatic N) is 3. The van der Waals surface area contributed by atoms with Crippen LogP contribution in [0.2, 0.25) is 0 Å². The van der Waals surface area contributed by atoms with Crippen LogP contribution in [-0.2, 0) is 5.41 Å². The maximum absolute atomic E-state index is 6.12. The number of para-hydroxylation sites is 1. The molecule has 2 aromatic heterocycles. The van der Waals surface area contributed by atoms with Crippen LogP contribution in [0.1, 0.15) is 22.3 Å². The first kappa shape index (κ1) is 34.6. The summed E-state index contributed by atoms with van der Waals surface area (Å²) in [7, 11) is 0. The highest BCUT2D eigenvalue weighted by atomic mass is 16.3. The van der Waals surface area contributed by atoms with E-state index in [9.17, 15) is 0 Å². The smallest absolute Gasteiger partial charge is 0.164 e. The Bertz CT molecular complexity index is 3520. The maximum Gasteiger partial charge on any atom is 0.164 e. The van der Waals surface area contributed by atoms with Gasteiger partial charge in [0.1, 0.15) is 11.2 Å². The molecule has 2 aliphatic carbocycles. The van der Waals surface area contributed by atoms with Gasteiger partial charge < -0.3 is 4.42 Å². The van der Waals surface area contributed by atoms with Crippen molar-refractivity contribution in [2.24, 2.45) is 0 Å². The zero-order chi connectivity index (χ0) is 40.8. The Labute approximate surface area is 358 Å². The average molecular weight is 790 g/mol. The molecule has 11 aromatic rings. The lowest BCUT2D eigenvalue weighted by Gasteiger charge is -2.30. The lowest BCUT2D eigenvalue weighted by molar-refractivity contribution is 0.669. The molecule has 0 bridgehead atoms. The predicted octanol–water partition coefficient (Wildman–Crippen LogP) is 14.4. The molecule has 4 nitrogen and oxygen atoms in total.